The maximum Gasteiger partial charge on any atom is 0.340 e. The molecule has 0 aliphatic carbocycles. The molecule has 0 aliphatic heterocycles. The SMILES string of the molecule is CCc1cc(F)ccc1Nc1cc(F)c(Cl)cc1C(=O)OC. The third-order valence-corrected chi connectivity index (χ3v) is 3.47. The summed E-state index contributed by atoms with van der Waals surface area (Å²) in [5.74, 6) is -1.68. The molecule has 0 aliphatic rings. The van der Waals surface area contributed by atoms with Crippen molar-refractivity contribution in [2.75, 3.05) is 12.4 Å². The largest absolute Gasteiger partial charge is 0.465 e. The Balaban J connectivity index is 2.49. The summed E-state index contributed by atoms with van der Waals surface area (Å²) >= 11 is 5.71. The minimum atomic E-state index is -0.669. The Labute approximate surface area is 131 Å². The first-order chi connectivity index (χ1) is 10.5. The normalized spacial score (nSPS) is 10.4. The van der Waals surface area contributed by atoms with E-state index in [2.05, 4.69) is 10.1 Å². The summed E-state index contributed by atoms with van der Waals surface area (Å²) in [5.41, 5.74) is 1.58. The zero-order valence-corrected chi connectivity index (χ0v) is 12.8. The van der Waals surface area contributed by atoms with Crippen LogP contribution in [0.2, 0.25) is 5.02 Å². The van der Waals surface area contributed by atoms with Crippen molar-refractivity contribution in [1.29, 1.82) is 0 Å². The highest BCUT2D eigenvalue weighted by Gasteiger charge is 2.17. The molecular formula is C16H14ClF2NO2. The highest BCUT2D eigenvalue weighted by atomic mass is 35.5. The number of aryl methyl sites for hydroxylation is 1. The van der Waals surface area contributed by atoms with Gasteiger partial charge in [-0.15, -0.1) is 0 Å². The second-order valence-electron chi connectivity index (χ2n) is 4.58. The number of anilines is 2. The maximum absolute atomic E-state index is 13.7. The smallest absolute Gasteiger partial charge is 0.340 e. The first kappa shape index (κ1) is 16.2. The van der Waals surface area contributed by atoms with Crippen LogP contribution in [-0.4, -0.2) is 13.1 Å². The van der Waals surface area contributed by atoms with E-state index in [0.717, 1.165) is 6.07 Å². The standard InChI is InChI=1S/C16H14ClF2NO2/c1-3-9-6-10(18)4-5-14(9)20-15-8-13(19)12(17)7-11(15)16(21)22-2/h4-8,20H,3H2,1-2H3. The minimum Gasteiger partial charge on any atom is -0.465 e. The Morgan fingerprint density at radius 2 is 1.95 bits per heavy atom. The molecule has 0 bridgehead atoms. The van der Waals surface area contributed by atoms with Gasteiger partial charge in [0.15, 0.2) is 0 Å². The number of esters is 1. The van der Waals surface area contributed by atoms with Crippen molar-refractivity contribution in [2.45, 2.75) is 13.3 Å². The molecule has 0 saturated heterocycles. The van der Waals surface area contributed by atoms with Gasteiger partial charge in [0.2, 0.25) is 0 Å². The minimum absolute atomic E-state index is 0.0975. The second kappa shape index (κ2) is 6.75. The zero-order valence-electron chi connectivity index (χ0n) is 12.0. The van der Waals surface area contributed by atoms with Crippen molar-refractivity contribution in [1.82, 2.24) is 0 Å². The van der Waals surface area contributed by atoms with Gasteiger partial charge in [0.25, 0.3) is 0 Å². The van der Waals surface area contributed by atoms with Crippen LogP contribution in [0.3, 0.4) is 0 Å². The lowest BCUT2D eigenvalue weighted by atomic mass is 10.1. The lowest BCUT2D eigenvalue weighted by Crippen LogP contribution is -2.07. The fraction of sp³-hybridized carbons (Fsp3) is 0.188. The summed E-state index contributed by atoms with van der Waals surface area (Å²) in [6, 6.07) is 6.50. The Morgan fingerprint density at radius 3 is 2.59 bits per heavy atom. The number of methoxy groups -OCH3 is 1. The molecule has 0 fully saturated rings. The molecule has 0 atom stereocenters. The van der Waals surface area contributed by atoms with Crippen molar-refractivity contribution in [3.8, 4) is 0 Å². The van der Waals surface area contributed by atoms with E-state index in [9.17, 15) is 13.6 Å². The van der Waals surface area contributed by atoms with E-state index < -0.39 is 11.8 Å². The molecule has 116 valence electrons. The predicted molar refractivity (Wildman–Crippen MR) is 81.8 cm³/mol. The van der Waals surface area contributed by atoms with Crippen molar-refractivity contribution in [3.05, 3.63) is 58.1 Å². The number of rotatable bonds is 4. The first-order valence-corrected chi connectivity index (χ1v) is 6.96. The van der Waals surface area contributed by atoms with Crippen LogP contribution < -0.4 is 5.32 Å². The van der Waals surface area contributed by atoms with Gasteiger partial charge in [-0.05, 0) is 42.3 Å². The van der Waals surface area contributed by atoms with Gasteiger partial charge in [0.05, 0.1) is 23.4 Å². The van der Waals surface area contributed by atoms with Crippen LogP contribution in [0, 0.1) is 11.6 Å². The third-order valence-electron chi connectivity index (χ3n) is 3.18. The molecule has 0 saturated carbocycles. The molecule has 0 radical (unpaired) electrons. The molecule has 6 heteroatoms. The highest BCUT2D eigenvalue weighted by molar-refractivity contribution is 6.31. The number of hydrogen-bond donors (Lipinski definition) is 1. The van der Waals surface area contributed by atoms with Gasteiger partial charge in [0, 0.05) is 5.69 Å². The molecular weight excluding hydrogens is 312 g/mol. The number of ether oxygens (including phenoxy) is 1. The summed E-state index contributed by atoms with van der Waals surface area (Å²) < 4.78 is 31.6. The number of carbonyl (C=O) groups is 1. The van der Waals surface area contributed by atoms with Gasteiger partial charge >= 0.3 is 5.97 Å². The average Bonchev–Trinajstić information content (AvgIpc) is 2.51. The molecule has 2 aromatic rings. The van der Waals surface area contributed by atoms with E-state index >= 15 is 0 Å². The fourth-order valence-corrected chi connectivity index (χ4v) is 2.21. The quantitative estimate of drug-likeness (QED) is 0.827. The van der Waals surface area contributed by atoms with E-state index in [-0.39, 0.29) is 22.1 Å². The van der Waals surface area contributed by atoms with E-state index in [1.165, 1.54) is 31.4 Å². The summed E-state index contributed by atoms with van der Waals surface area (Å²) in [7, 11) is 1.22. The van der Waals surface area contributed by atoms with Crippen LogP contribution in [0.25, 0.3) is 0 Å². The van der Waals surface area contributed by atoms with Gasteiger partial charge in [-0.25, -0.2) is 13.6 Å². The van der Waals surface area contributed by atoms with Crippen LogP contribution >= 0.6 is 11.6 Å². The van der Waals surface area contributed by atoms with Crippen LogP contribution in [0.1, 0.15) is 22.8 Å². The monoisotopic (exact) mass is 325 g/mol. The molecule has 22 heavy (non-hydrogen) atoms. The molecule has 0 amide bonds. The van der Waals surface area contributed by atoms with Gasteiger partial charge in [-0.1, -0.05) is 18.5 Å². The first-order valence-electron chi connectivity index (χ1n) is 6.59. The Hall–Kier alpha value is -2.14. The molecule has 0 unspecified atom stereocenters. The predicted octanol–water partition coefficient (Wildman–Crippen LogP) is 4.71. The molecule has 0 aromatic heterocycles. The summed E-state index contributed by atoms with van der Waals surface area (Å²) in [6.45, 7) is 1.86. The van der Waals surface area contributed by atoms with E-state index in [4.69, 9.17) is 11.6 Å². The number of benzene rings is 2. The zero-order chi connectivity index (χ0) is 16.3. The summed E-state index contributed by atoms with van der Waals surface area (Å²) in [5, 5.41) is 2.76. The number of halogens is 3. The van der Waals surface area contributed by atoms with Gasteiger partial charge < -0.3 is 10.1 Å². The van der Waals surface area contributed by atoms with Crippen molar-refractivity contribution in [3.63, 3.8) is 0 Å². The Bertz CT molecular complexity index is 720. The van der Waals surface area contributed by atoms with Crippen LogP contribution in [0.15, 0.2) is 30.3 Å². The molecule has 3 nitrogen and oxygen atoms in total. The van der Waals surface area contributed by atoms with Crippen molar-refractivity contribution in [2.24, 2.45) is 0 Å². The second-order valence-corrected chi connectivity index (χ2v) is 4.99. The van der Waals surface area contributed by atoms with Gasteiger partial charge in [-0.2, -0.15) is 0 Å². The Morgan fingerprint density at radius 1 is 1.23 bits per heavy atom. The van der Waals surface area contributed by atoms with Crippen LogP contribution in [0.4, 0.5) is 20.2 Å². The summed E-state index contributed by atoms with van der Waals surface area (Å²) in [4.78, 5) is 11.8. The molecule has 2 rings (SSSR count). The van der Waals surface area contributed by atoms with Gasteiger partial charge in [0.1, 0.15) is 11.6 Å². The van der Waals surface area contributed by atoms with Crippen LogP contribution in [0.5, 0.6) is 0 Å². The van der Waals surface area contributed by atoms with Crippen molar-refractivity contribution >= 4 is 28.9 Å². The average molecular weight is 326 g/mol. The number of nitrogens with one attached hydrogen (secondary N) is 1. The lowest BCUT2D eigenvalue weighted by Gasteiger charge is -2.14. The van der Waals surface area contributed by atoms with Crippen molar-refractivity contribution < 1.29 is 18.3 Å². The van der Waals surface area contributed by atoms with Crippen LogP contribution in [-0.2, 0) is 11.2 Å². The molecule has 0 heterocycles. The summed E-state index contributed by atoms with van der Waals surface area (Å²) in [6.07, 6.45) is 0.573. The maximum atomic E-state index is 13.7. The number of carbonyl (C=O) groups excluding carboxylic acids is 1. The topological polar surface area (TPSA) is 38.3 Å². The highest BCUT2D eigenvalue weighted by Crippen LogP contribution is 2.29. The molecule has 1 N–H and O–H groups in total. The third kappa shape index (κ3) is 3.36. The molecule has 0 spiro atoms. The van der Waals surface area contributed by atoms with Gasteiger partial charge in [-0.3, -0.25) is 0 Å². The lowest BCUT2D eigenvalue weighted by molar-refractivity contribution is 0.0602. The van der Waals surface area contributed by atoms with E-state index in [0.29, 0.717) is 17.7 Å². The van der Waals surface area contributed by atoms with E-state index in [1.54, 1.807) is 0 Å². The van der Waals surface area contributed by atoms with E-state index in [1.807, 2.05) is 6.92 Å². The number of hydrogen-bond acceptors (Lipinski definition) is 3. The molecule has 2 aromatic carbocycles. The Kier molecular flexibility index (Phi) is 4.98. The fourth-order valence-electron chi connectivity index (χ4n) is 2.05.